The average Bonchev–Trinajstić information content (AvgIpc) is 2.26. The first-order valence-corrected chi connectivity index (χ1v) is 4.62. The van der Waals surface area contributed by atoms with Gasteiger partial charge in [-0.25, -0.2) is 9.18 Å². The fourth-order valence-corrected chi connectivity index (χ4v) is 0.973. The summed E-state index contributed by atoms with van der Waals surface area (Å²) in [4.78, 5) is 22.5. The molecule has 0 heterocycles. The number of esters is 1. The van der Waals surface area contributed by atoms with E-state index in [1.54, 1.807) is 0 Å². The molecule has 0 aliphatic heterocycles. The second-order valence-corrected chi connectivity index (χ2v) is 3.29. The monoisotopic (exact) mass is 222 g/mol. The highest BCUT2D eigenvalue weighted by Crippen LogP contribution is 2.04. The summed E-state index contributed by atoms with van der Waals surface area (Å²) in [6.45, 7) is 4.51. The topological polar surface area (TPSA) is 43.4 Å². The van der Waals surface area contributed by atoms with Crippen molar-refractivity contribution in [3.8, 4) is 0 Å². The average molecular weight is 222 g/mol. The molecule has 0 saturated heterocycles. The van der Waals surface area contributed by atoms with Crippen molar-refractivity contribution in [1.29, 1.82) is 0 Å². The molecule has 1 rings (SSSR count). The third-order valence-electron chi connectivity index (χ3n) is 1.85. The Labute approximate surface area is 92.5 Å². The van der Waals surface area contributed by atoms with E-state index in [0.717, 1.165) is 0 Å². The largest absolute Gasteiger partial charge is 0.454 e. The number of hydrogen-bond donors (Lipinski definition) is 0. The summed E-state index contributed by atoms with van der Waals surface area (Å²) in [6, 6.07) is 5.03. The summed E-state index contributed by atoms with van der Waals surface area (Å²) in [5.74, 6) is -1.42. The summed E-state index contributed by atoms with van der Waals surface area (Å²) in [5.41, 5.74) is 0.530. The number of rotatable bonds is 4. The van der Waals surface area contributed by atoms with Crippen molar-refractivity contribution in [3.63, 3.8) is 0 Å². The standard InChI is InChI=1S/C12H11FO3/c1-8(2)12(15)16-7-11(14)9-3-5-10(13)6-4-9/h3-6H,1,7H2,2H3. The maximum absolute atomic E-state index is 12.6. The van der Waals surface area contributed by atoms with Crippen LogP contribution in [0.1, 0.15) is 17.3 Å². The van der Waals surface area contributed by atoms with Gasteiger partial charge in [0.05, 0.1) is 0 Å². The highest BCUT2D eigenvalue weighted by atomic mass is 19.1. The number of halogens is 1. The van der Waals surface area contributed by atoms with Gasteiger partial charge in [0, 0.05) is 11.1 Å². The smallest absolute Gasteiger partial charge is 0.333 e. The number of carbonyl (C=O) groups is 2. The number of ether oxygens (including phenoxy) is 1. The van der Waals surface area contributed by atoms with Crippen LogP contribution >= 0.6 is 0 Å². The fraction of sp³-hybridized carbons (Fsp3) is 0.167. The Bertz CT molecular complexity index is 420. The third-order valence-corrected chi connectivity index (χ3v) is 1.85. The number of Topliss-reactive ketones (excluding diaryl/α,β-unsaturated/α-hetero) is 1. The maximum Gasteiger partial charge on any atom is 0.333 e. The van der Waals surface area contributed by atoms with E-state index in [2.05, 4.69) is 11.3 Å². The molecule has 3 nitrogen and oxygen atoms in total. The van der Waals surface area contributed by atoms with Crippen LogP contribution in [0.3, 0.4) is 0 Å². The van der Waals surface area contributed by atoms with Crippen LogP contribution in [0.4, 0.5) is 4.39 Å². The van der Waals surface area contributed by atoms with E-state index in [-0.39, 0.29) is 18.0 Å². The molecule has 0 aliphatic rings. The molecule has 0 radical (unpaired) electrons. The van der Waals surface area contributed by atoms with E-state index in [1.807, 2.05) is 0 Å². The van der Waals surface area contributed by atoms with Crippen LogP contribution in [0.5, 0.6) is 0 Å². The number of benzene rings is 1. The molecule has 0 saturated carbocycles. The lowest BCUT2D eigenvalue weighted by Crippen LogP contribution is -2.14. The van der Waals surface area contributed by atoms with Crippen molar-refractivity contribution in [2.45, 2.75) is 6.92 Å². The second kappa shape index (κ2) is 5.21. The molecular formula is C12H11FO3. The van der Waals surface area contributed by atoms with Crippen molar-refractivity contribution in [3.05, 3.63) is 47.8 Å². The van der Waals surface area contributed by atoms with Crippen LogP contribution in [-0.2, 0) is 9.53 Å². The van der Waals surface area contributed by atoms with Gasteiger partial charge in [0.2, 0.25) is 0 Å². The van der Waals surface area contributed by atoms with Crippen LogP contribution in [0.15, 0.2) is 36.4 Å². The van der Waals surface area contributed by atoms with Gasteiger partial charge >= 0.3 is 5.97 Å². The first-order chi connectivity index (χ1) is 7.50. The zero-order valence-corrected chi connectivity index (χ0v) is 8.83. The van der Waals surface area contributed by atoms with Crippen molar-refractivity contribution in [2.75, 3.05) is 6.61 Å². The van der Waals surface area contributed by atoms with Gasteiger partial charge in [-0.05, 0) is 31.2 Å². The van der Waals surface area contributed by atoms with Gasteiger partial charge < -0.3 is 4.74 Å². The summed E-state index contributed by atoms with van der Waals surface area (Å²) in [5, 5.41) is 0. The van der Waals surface area contributed by atoms with E-state index < -0.39 is 11.8 Å². The molecule has 0 spiro atoms. The Kier molecular flexibility index (Phi) is 3.94. The van der Waals surface area contributed by atoms with Crippen molar-refractivity contribution in [1.82, 2.24) is 0 Å². The molecule has 0 aromatic heterocycles. The summed E-state index contributed by atoms with van der Waals surface area (Å²) in [6.07, 6.45) is 0. The minimum absolute atomic E-state index is 0.229. The zero-order chi connectivity index (χ0) is 12.1. The van der Waals surface area contributed by atoms with E-state index >= 15 is 0 Å². The summed E-state index contributed by atoms with van der Waals surface area (Å²) >= 11 is 0. The van der Waals surface area contributed by atoms with Crippen LogP contribution in [0.25, 0.3) is 0 Å². The van der Waals surface area contributed by atoms with Gasteiger partial charge in [0.25, 0.3) is 0 Å². The van der Waals surface area contributed by atoms with Crippen LogP contribution in [0, 0.1) is 5.82 Å². The van der Waals surface area contributed by atoms with Gasteiger partial charge in [-0.15, -0.1) is 0 Å². The molecule has 0 fully saturated rings. The minimum atomic E-state index is -0.615. The van der Waals surface area contributed by atoms with Gasteiger partial charge in [-0.1, -0.05) is 6.58 Å². The number of ketones is 1. The van der Waals surface area contributed by atoms with Crippen molar-refractivity contribution in [2.24, 2.45) is 0 Å². The molecule has 0 atom stereocenters. The highest BCUT2D eigenvalue weighted by Gasteiger charge is 2.10. The molecule has 0 amide bonds. The molecule has 1 aromatic rings. The normalized spacial score (nSPS) is 9.62. The van der Waals surface area contributed by atoms with E-state index in [0.29, 0.717) is 5.56 Å². The first kappa shape index (κ1) is 12.1. The second-order valence-electron chi connectivity index (χ2n) is 3.29. The Morgan fingerprint density at radius 3 is 2.38 bits per heavy atom. The number of hydrogen-bond acceptors (Lipinski definition) is 3. The lowest BCUT2D eigenvalue weighted by atomic mass is 10.1. The Balaban J connectivity index is 2.56. The first-order valence-electron chi connectivity index (χ1n) is 4.62. The third kappa shape index (κ3) is 3.31. The van der Waals surface area contributed by atoms with Crippen LogP contribution < -0.4 is 0 Å². The summed E-state index contributed by atoms with van der Waals surface area (Å²) in [7, 11) is 0. The zero-order valence-electron chi connectivity index (χ0n) is 8.83. The lowest BCUT2D eigenvalue weighted by molar-refractivity contribution is -0.137. The van der Waals surface area contributed by atoms with Gasteiger partial charge in [0.15, 0.2) is 12.4 Å². The highest BCUT2D eigenvalue weighted by molar-refractivity contribution is 5.98. The minimum Gasteiger partial charge on any atom is -0.454 e. The molecule has 1 aromatic carbocycles. The van der Waals surface area contributed by atoms with Crippen LogP contribution in [0.2, 0.25) is 0 Å². The Hall–Kier alpha value is -1.97. The fourth-order valence-electron chi connectivity index (χ4n) is 0.973. The van der Waals surface area contributed by atoms with Gasteiger partial charge in [-0.3, -0.25) is 4.79 Å². The van der Waals surface area contributed by atoms with Gasteiger partial charge in [0.1, 0.15) is 5.82 Å². The van der Waals surface area contributed by atoms with Gasteiger partial charge in [-0.2, -0.15) is 0 Å². The van der Waals surface area contributed by atoms with E-state index in [1.165, 1.54) is 31.2 Å². The molecular weight excluding hydrogens is 211 g/mol. The molecule has 16 heavy (non-hydrogen) atoms. The predicted octanol–water partition coefficient (Wildman–Crippen LogP) is 2.13. The maximum atomic E-state index is 12.6. The van der Waals surface area contributed by atoms with E-state index in [4.69, 9.17) is 0 Å². The van der Waals surface area contributed by atoms with E-state index in [9.17, 15) is 14.0 Å². The summed E-state index contributed by atoms with van der Waals surface area (Å²) < 4.78 is 17.2. The molecule has 0 N–H and O–H groups in total. The molecule has 4 heteroatoms. The Morgan fingerprint density at radius 2 is 1.88 bits per heavy atom. The lowest BCUT2D eigenvalue weighted by Gasteiger charge is -2.03. The number of carbonyl (C=O) groups excluding carboxylic acids is 2. The molecule has 0 unspecified atom stereocenters. The predicted molar refractivity (Wildman–Crippen MR) is 56.5 cm³/mol. The molecule has 0 aliphatic carbocycles. The molecule has 84 valence electrons. The molecule has 0 bridgehead atoms. The quantitative estimate of drug-likeness (QED) is 0.445. The van der Waals surface area contributed by atoms with Crippen molar-refractivity contribution < 1.29 is 18.7 Å². The SMILES string of the molecule is C=C(C)C(=O)OCC(=O)c1ccc(F)cc1. The van der Waals surface area contributed by atoms with Crippen LogP contribution in [-0.4, -0.2) is 18.4 Å². The van der Waals surface area contributed by atoms with Crippen molar-refractivity contribution >= 4 is 11.8 Å². The Morgan fingerprint density at radius 1 is 1.31 bits per heavy atom.